The van der Waals surface area contributed by atoms with Gasteiger partial charge in [-0.1, -0.05) is 6.07 Å². The van der Waals surface area contributed by atoms with E-state index in [9.17, 15) is 10.1 Å². The van der Waals surface area contributed by atoms with Gasteiger partial charge in [0.15, 0.2) is 0 Å². The van der Waals surface area contributed by atoms with Crippen LogP contribution in [0.4, 0.5) is 11.4 Å². The van der Waals surface area contributed by atoms with Gasteiger partial charge >= 0.3 is 0 Å². The topological polar surface area (TPSA) is 70.4 Å². The average Bonchev–Trinajstić information content (AvgIpc) is 2.30. The SMILES string of the molecule is O=[N+]([O-])c1cccc(NN2CCNCC2)c1. The minimum absolute atomic E-state index is 0.111. The van der Waals surface area contributed by atoms with Crippen LogP contribution in [-0.2, 0) is 0 Å². The molecule has 0 spiro atoms. The fourth-order valence-corrected chi connectivity index (χ4v) is 1.65. The van der Waals surface area contributed by atoms with E-state index in [2.05, 4.69) is 15.8 Å². The molecule has 6 nitrogen and oxygen atoms in total. The van der Waals surface area contributed by atoms with E-state index in [0.29, 0.717) is 0 Å². The number of anilines is 1. The van der Waals surface area contributed by atoms with Gasteiger partial charge in [0.25, 0.3) is 5.69 Å². The number of hydrogen-bond donors (Lipinski definition) is 2. The molecule has 0 radical (unpaired) electrons. The zero-order chi connectivity index (χ0) is 11.4. The maximum atomic E-state index is 10.6. The summed E-state index contributed by atoms with van der Waals surface area (Å²) in [5.74, 6) is 0. The van der Waals surface area contributed by atoms with Crippen LogP contribution in [0.25, 0.3) is 0 Å². The highest BCUT2D eigenvalue weighted by atomic mass is 16.6. The molecular weight excluding hydrogens is 208 g/mol. The number of nitrogens with zero attached hydrogens (tertiary/aromatic N) is 2. The van der Waals surface area contributed by atoms with Gasteiger partial charge in [0.1, 0.15) is 0 Å². The summed E-state index contributed by atoms with van der Waals surface area (Å²) in [6.07, 6.45) is 0. The van der Waals surface area contributed by atoms with E-state index in [4.69, 9.17) is 0 Å². The van der Waals surface area contributed by atoms with Gasteiger partial charge < -0.3 is 10.7 Å². The van der Waals surface area contributed by atoms with Gasteiger partial charge in [-0.05, 0) is 6.07 Å². The molecule has 0 aromatic heterocycles. The lowest BCUT2D eigenvalue weighted by Crippen LogP contribution is -2.46. The fourth-order valence-electron chi connectivity index (χ4n) is 1.65. The van der Waals surface area contributed by atoms with E-state index < -0.39 is 0 Å². The molecule has 1 aliphatic heterocycles. The third kappa shape index (κ3) is 2.68. The van der Waals surface area contributed by atoms with Gasteiger partial charge in [0, 0.05) is 38.3 Å². The summed E-state index contributed by atoms with van der Waals surface area (Å²) < 4.78 is 0. The van der Waals surface area contributed by atoms with Crippen molar-refractivity contribution in [1.82, 2.24) is 10.3 Å². The molecule has 0 unspecified atom stereocenters. The second kappa shape index (κ2) is 4.91. The summed E-state index contributed by atoms with van der Waals surface area (Å²) in [7, 11) is 0. The predicted molar refractivity (Wildman–Crippen MR) is 61.2 cm³/mol. The van der Waals surface area contributed by atoms with Gasteiger partial charge in [-0.15, -0.1) is 0 Å². The minimum Gasteiger partial charge on any atom is -0.319 e. The first-order valence-electron chi connectivity index (χ1n) is 5.22. The summed E-state index contributed by atoms with van der Waals surface area (Å²) in [5, 5.41) is 15.9. The van der Waals surface area contributed by atoms with Crippen molar-refractivity contribution in [3.05, 3.63) is 34.4 Å². The number of nitrogens with one attached hydrogen (secondary N) is 2. The third-order valence-corrected chi connectivity index (χ3v) is 2.46. The van der Waals surface area contributed by atoms with Crippen LogP contribution in [0.5, 0.6) is 0 Å². The Morgan fingerprint density at radius 2 is 2.12 bits per heavy atom. The maximum Gasteiger partial charge on any atom is 0.271 e. The smallest absolute Gasteiger partial charge is 0.271 e. The number of benzene rings is 1. The molecule has 1 fully saturated rings. The molecule has 1 aromatic carbocycles. The number of non-ortho nitro benzene ring substituents is 1. The Balaban J connectivity index is 2.02. The molecule has 2 N–H and O–H groups in total. The van der Waals surface area contributed by atoms with Crippen molar-refractivity contribution < 1.29 is 4.92 Å². The molecule has 0 saturated carbocycles. The summed E-state index contributed by atoms with van der Waals surface area (Å²) in [6, 6.07) is 6.54. The van der Waals surface area contributed by atoms with Crippen LogP contribution in [0, 0.1) is 10.1 Å². The van der Waals surface area contributed by atoms with Crippen molar-refractivity contribution in [2.24, 2.45) is 0 Å². The standard InChI is InChI=1S/C10H14N4O2/c15-14(16)10-3-1-2-9(8-10)12-13-6-4-11-5-7-13/h1-3,8,11-12H,4-7H2. The number of piperazine rings is 1. The van der Waals surface area contributed by atoms with E-state index >= 15 is 0 Å². The zero-order valence-electron chi connectivity index (χ0n) is 8.85. The number of nitro benzene ring substituents is 1. The van der Waals surface area contributed by atoms with Crippen molar-refractivity contribution in [2.45, 2.75) is 0 Å². The molecule has 86 valence electrons. The number of hydrazine groups is 1. The van der Waals surface area contributed by atoms with Crippen molar-refractivity contribution in [1.29, 1.82) is 0 Å². The molecule has 0 bridgehead atoms. The predicted octanol–water partition coefficient (Wildman–Crippen LogP) is 0.827. The highest BCUT2D eigenvalue weighted by molar-refractivity contribution is 5.50. The third-order valence-electron chi connectivity index (χ3n) is 2.46. The van der Waals surface area contributed by atoms with Crippen LogP contribution in [0.1, 0.15) is 0 Å². The molecule has 6 heteroatoms. The van der Waals surface area contributed by atoms with Crippen LogP contribution in [-0.4, -0.2) is 36.1 Å². The molecular formula is C10H14N4O2. The maximum absolute atomic E-state index is 10.6. The summed E-state index contributed by atoms with van der Waals surface area (Å²) in [4.78, 5) is 10.2. The number of rotatable bonds is 3. The van der Waals surface area contributed by atoms with E-state index in [-0.39, 0.29) is 10.6 Å². The van der Waals surface area contributed by atoms with E-state index in [1.807, 2.05) is 6.07 Å². The molecule has 0 atom stereocenters. The molecule has 16 heavy (non-hydrogen) atoms. The lowest BCUT2D eigenvalue weighted by atomic mass is 10.3. The zero-order valence-corrected chi connectivity index (χ0v) is 8.85. The van der Waals surface area contributed by atoms with Crippen LogP contribution in [0.15, 0.2) is 24.3 Å². The Bertz CT molecular complexity index is 377. The molecule has 2 rings (SSSR count). The molecule has 1 aliphatic rings. The molecule has 1 saturated heterocycles. The first-order valence-corrected chi connectivity index (χ1v) is 5.22. The lowest BCUT2D eigenvalue weighted by molar-refractivity contribution is -0.384. The van der Waals surface area contributed by atoms with E-state index in [1.54, 1.807) is 12.1 Å². The fraction of sp³-hybridized carbons (Fsp3) is 0.400. The van der Waals surface area contributed by atoms with Crippen molar-refractivity contribution >= 4 is 11.4 Å². The average molecular weight is 222 g/mol. The Morgan fingerprint density at radius 3 is 2.81 bits per heavy atom. The normalized spacial score (nSPS) is 17.0. The number of hydrogen-bond acceptors (Lipinski definition) is 5. The summed E-state index contributed by atoms with van der Waals surface area (Å²) in [5.41, 5.74) is 4.04. The first-order chi connectivity index (χ1) is 7.75. The number of nitro groups is 1. The first kappa shape index (κ1) is 10.8. The monoisotopic (exact) mass is 222 g/mol. The molecule has 1 aromatic rings. The Morgan fingerprint density at radius 1 is 1.38 bits per heavy atom. The highest BCUT2D eigenvalue weighted by Crippen LogP contribution is 2.17. The largest absolute Gasteiger partial charge is 0.319 e. The summed E-state index contributed by atoms with van der Waals surface area (Å²) in [6.45, 7) is 3.65. The van der Waals surface area contributed by atoms with E-state index in [1.165, 1.54) is 6.07 Å². The summed E-state index contributed by atoms with van der Waals surface area (Å²) >= 11 is 0. The second-order valence-electron chi connectivity index (χ2n) is 3.66. The Hall–Kier alpha value is -1.66. The Labute approximate surface area is 93.4 Å². The van der Waals surface area contributed by atoms with Gasteiger partial charge in [-0.3, -0.25) is 10.1 Å². The van der Waals surface area contributed by atoms with Gasteiger partial charge in [-0.2, -0.15) is 0 Å². The second-order valence-corrected chi connectivity index (χ2v) is 3.66. The van der Waals surface area contributed by atoms with E-state index in [0.717, 1.165) is 31.9 Å². The van der Waals surface area contributed by atoms with Crippen molar-refractivity contribution in [3.8, 4) is 0 Å². The molecule has 0 aliphatic carbocycles. The van der Waals surface area contributed by atoms with Crippen LogP contribution in [0.2, 0.25) is 0 Å². The highest BCUT2D eigenvalue weighted by Gasteiger charge is 2.11. The van der Waals surface area contributed by atoms with Crippen LogP contribution in [0.3, 0.4) is 0 Å². The van der Waals surface area contributed by atoms with Crippen LogP contribution >= 0.6 is 0 Å². The van der Waals surface area contributed by atoms with Gasteiger partial charge in [0.05, 0.1) is 10.6 Å². The van der Waals surface area contributed by atoms with Crippen molar-refractivity contribution in [3.63, 3.8) is 0 Å². The molecule has 1 heterocycles. The van der Waals surface area contributed by atoms with Crippen molar-refractivity contribution in [2.75, 3.05) is 31.6 Å². The van der Waals surface area contributed by atoms with Gasteiger partial charge in [0.2, 0.25) is 0 Å². The lowest BCUT2D eigenvalue weighted by Gasteiger charge is -2.28. The quantitative estimate of drug-likeness (QED) is 0.585. The Kier molecular flexibility index (Phi) is 3.33. The van der Waals surface area contributed by atoms with Crippen LogP contribution < -0.4 is 10.7 Å². The van der Waals surface area contributed by atoms with Gasteiger partial charge in [-0.25, -0.2) is 5.01 Å². The molecule has 0 amide bonds. The minimum atomic E-state index is -0.386.